The Morgan fingerprint density at radius 3 is 2.12 bits per heavy atom. The van der Waals surface area contributed by atoms with Gasteiger partial charge in [-0.3, -0.25) is 19.3 Å². The summed E-state index contributed by atoms with van der Waals surface area (Å²) in [5, 5.41) is 2.57. The Bertz CT molecular complexity index is 1080. The molecule has 5 nitrogen and oxygen atoms in total. The highest BCUT2D eigenvalue weighted by Gasteiger charge is 2.67. The molecule has 3 amide bonds. The van der Waals surface area contributed by atoms with E-state index in [-0.39, 0.29) is 52.2 Å². The van der Waals surface area contributed by atoms with Crippen molar-refractivity contribution in [2.75, 3.05) is 5.32 Å². The van der Waals surface area contributed by atoms with Crippen LogP contribution in [0.5, 0.6) is 0 Å². The molecule has 1 N–H and O–H groups in total. The molecule has 0 unspecified atom stereocenters. The van der Waals surface area contributed by atoms with E-state index in [0.29, 0.717) is 37.5 Å². The number of benzene rings is 1. The van der Waals surface area contributed by atoms with E-state index in [9.17, 15) is 27.6 Å². The summed E-state index contributed by atoms with van der Waals surface area (Å²) in [5.41, 5.74) is -0.955. The van der Waals surface area contributed by atoms with Gasteiger partial charge in [0.15, 0.2) is 0 Å². The summed E-state index contributed by atoms with van der Waals surface area (Å²) in [4.78, 5) is 40.9. The minimum atomic E-state index is -4.54. The van der Waals surface area contributed by atoms with Gasteiger partial charge in [-0.05, 0) is 74.0 Å². The van der Waals surface area contributed by atoms with Gasteiger partial charge >= 0.3 is 6.18 Å². The highest BCUT2D eigenvalue weighted by molar-refractivity contribution is 6.33. The van der Waals surface area contributed by atoms with Crippen molar-refractivity contribution in [2.24, 2.45) is 41.4 Å². The van der Waals surface area contributed by atoms with Crippen molar-refractivity contribution in [3.8, 4) is 0 Å². The van der Waals surface area contributed by atoms with Crippen molar-refractivity contribution in [1.82, 2.24) is 4.90 Å². The summed E-state index contributed by atoms with van der Waals surface area (Å²) in [6.45, 7) is 0. The molecule has 1 aromatic rings. The monoisotopic (exact) mass is 492 g/mol. The number of rotatable bonds is 3. The Morgan fingerprint density at radius 1 is 0.971 bits per heavy atom. The van der Waals surface area contributed by atoms with Crippen LogP contribution >= 0.6 is 11.6 Å². The first-order chi connectivity index (χ1) is 16.1. The number of halogens is 4. The number of allylic oxidation sites excluding steroid dienone is 2. The van der Waals surface area contributed by atoms with Crippen LogP contribution in [-0.4, -0.2) is 28.7 Å². The third-order valence-electron chi connectivity index (χ3n) is 8.68. The van der Waals surface area contributed by atoms with E-state index in [1.54, 1.807) is 0 Å². The summed E-state index contributed by atoms with van der Waals surface area (Å²) in [5.74, 6) is 0.0983. The first kappa shape index (κ1) is 22.1. The van der Waals surface area contributed by atoms with Crippen LogP contribution in [0.25, 0.3) is 0 Å². The van der Waals surface area contributed by atoms with Gasteiger partial charge < -0.3 is 5.32 Å². The van der Waals surface area contributed by atoms with Crippen LogP contribution in [0.1, 0.15) is 37.7 Å². The molecule has 3 saturated carbocycles. The fraction of sp³-hybridized carbons (Fsp3) is 0.560. The molecule has 0 spiro atoms. The second kappa shape index (κ2) is 7.57. The van der Waals surface area contributed by atoms with Crippen molar-refractivity contribution >= 4 is 35.0 Å². The number of hydrogen-bond donors (Lipinski definition) is 1. The van der Waals surface area contributed by atoms with Gasteiger partial charge in [-0.25, -0.2) is 0 Å². The number of anilines is 1. The largest absolute Gasteiger partial charge is 0.416 e. The van der Waals surface area contributed by atoms with E-state index in [4.69, 9.17) is 11.6 Å². The zero-order valence-electron chi connectivity index (χ0n) is 18.2. The van der Waals surface area contributed by atoms with Crippen LogP contribution in [0.4, 0.5) is 18.9 Å². The van der Waals surface area contributed by atoms with E-state index < -0.39 is 23.6 Å². The lowest BCUT2D eigenvalue weighted by molar-refractivity contribution is -0.144. The molecule has 1 aliphatic heterocycles. The average molecular weight is 493 g/mol. The Balaban J connectivity index is 1.11. The van der Waals surface area contributed by atoms with Crippen LogP contribution in [0.15, 0.2) is 30.4 Å². The van der Waals surface area contributed by atoms with E-state index in [1.165, 1.54) is 4.90 Å². The molecule has 0 radical (unpaired) electrons. The first-order valence-corrected chi connectivity index (χ1v) is 12.3. The molecule has 1 heterocycles. The van der Waals surface area contributed by atoms with Crippen LogP contribution < -0.4 is 5.32 Å². The predicted molar refractivity (Wildman–Crippen MR) is 117 cm³/mol. The zero-order valence-corrected chi connectivity index (χ0v) is 19.0. The fourth-order valence-electron chi connectivity index (χ4n) is 6.97. The summed E-state index contributed by atoms with van der Waals surface area (Å²) in [7, 11) is 0. The molecule has 1 aromatic carbocycles. The van der Waals surface area contributed by atoms with E-state index >= 15 is 0 Å². The van der Waals surface area contributed by atoms with Gasteiger partial charge in [-0.1, -0.05) is 23.8 Å². The lowest BCUT2D eigenvalue weighted by Crippen LogP contribution is -2.44. The molecule has 34 heavy (non-hydrogen) atoms. The third-order valence-corrected chi connectivity index (χ3v) is 9.01. The minimum absolute atomic E-state index is 0.0344. The van der Waals surface area contributed by atoms with Gasteiger partial charge in [0.05, 0.1) is 28.1 Å². The Kier molecular flexibility index (Phi) is 4.93. The fourth-order valence-corrected chi connectivity index (χ4v) is 7.13. The third kappa shape index (κ3) is 3.32. The second-order valence-electron chi connectivity index (χ2n) is 10.4. The topological polar surface area (TPSA) is 66.5 Å². The number of carbonyl (C=O) groups is 3. The number of imide groups is 1. The molecule has 9 heteroatoms. The molecule has 6 aliphatic rings. The first-order valence-electron chi connectivity index (χ1n) is 11.9. The summed E-state index contributed by atoms with van der Waals surface area (Å²) in [6, 6.07) is 2.60. The quantitative estimate of drug-likeness (QED) is 0.481. The predicted octanol–water partition coefficient (Wildman–Crippen LogP) is 4.91. The summed E-state index contributed by atoms with van der Waals surface area (Å²) < 4.78 is 39.0. The van der Waals surface area contributed by atoms with E-state index in [0.717, 1.165) is 24.6 Å². The second-order valence-corrected chi connectivity index (χ2v) is 10.8. The molecule has 7 rings (SSSR count). The molecule has 6 atom stereocenters. The number of likely N-dealkylation sites (tertiary alicyclic amines) is 1. The van der Waals surface area contributed by atoms with Gasteiger partial charge in [0, 0.05) is 12.0 Å². The maximum absolute atomic E-state index is 13.3. The Morgan fingerprint density at radius 2 is 1.56 bits per heavy atom. The van der Waals surface area contributed by atoms with Crippen LogP contribution in [-0.2, 0) is 20.6 Å². The highest BCUT2D eigenvalue weighted by Crippen LogP contribution is 2.65. The molecular weight excluding hydrogens is 469 g/mol. The number of alkyl halides is 3. The van der Waals surface area contributed by atoms with Crippen molar-refractivity contribution in [1.29, 1.82) is 0 Å². The summed E-state index contributed by atoms with van der Waals surface area (Å²) >= 11 is 6.00. The number of nitrogens with one attached hydrogen (secondary N) is 1. The van der Waals surface area contributed by atoms with Gasteiger partial charge in [0.25, 0.3) is 0 Å². The van der Waals surface area contributed by atoms with Gasteiger partial charge in [0.2, 0.25) is 17.7 Å². The number of amides is 3. The molecule has 2 bridgehead atoms. The molecule has 0 aromatic heterocycles. The Labute approximate surface area is 199 Å². The molecule has 4 fully saturated rings. The SMILES string of the molecule is O=C(Nc1cc(C(F)(F)F)ccc1Cl)C1CCC(N2C(=O)[C@@H]3[C@H]4C=C[C@H]([C@@H]5C[C@H]45)[C@@H]3C2=O)CC1. The van der Waals surface area contributed by atoms with Gasteiger partial charge in [-0.2, -0.15) is 13.2 Å². The lowest BCUT2D eigenvalue weighted by atomic mass is 9.63. The van der Waals surface area contributed by atoms with Gasteiger partial charge in [0.1, 0.15) is 0 Å². The molecule has 180 valence electrons. The lowest BCUT2D eigenvalue weighted by Gasteiger charge is -2.37. The maximum Gasteiger partial charge on any atom is 0.416 e. The number of hydrogen-bond acceptors (Lipinski definition) is 3. The van der Waals surface area contributed by atoms with Crippen molar-refractivity contribution in [3.63, 3.8) is 0 Å². The zero-order chi connectivity index (χ0) is 23.9. The molecular formula is C25H24ClF3N2O3. The average Bonchev–Trinajstić information content (AvgIpc) is 3.58. The van der Waals surface area contributed by atoms with E-state index in [1.807, 2.05) is 0 Å². The molecule has 5 aliphatic carbocycles. The highest BCUT2D eigenvalue weighted by atomic mass is 35.5. The smallest absolute Gasteiger partial charge is 0.325 e. The van der Waals surface area contributed by atoms with Crippen molar-refractivity contribution in [3.05, 3.63) is 40.9 Å². The number of nitrogens with zero attached hydrogens (tertiary/aromatic N) is 1. The molecule has 1 saturated heterocycles. The van der Waals surface area contributed by atoms with Crippen LogP contribution in [0.3, 0.4) is 0 Å². The van der Waals surface area contributed by atoms with Crippen molar-refractivity contribution < 1.29 is 27.6 Å². The standard InChI is InChI=1S/C25H24ClF3N2O3/c26-18-8-3-12(25(27,28)29)9-19(18)30-22(32)11-1-4-13(5-2-11)31-23(33)20-14-6-7-15(17-10-16(14)17)21(20)24(31)34/h3,6-9,11,13-17,20-21H,1-2,4-5,10H2,(H,30,32)/t11?,13?,14-,15+,16+,17-,20+,21-. The van der Waals surface area contributed by atoms with E-state index in [2.05, 4.69) is 17.5 Å². The maximum atomic E-state index is 13.3. The number of carbonyl (C=O) groups excluding carboxylic acids is 3. The van der Waals surface area contributed by atoms with Crippen LogP contribution in [0, 0.1) is 41.4 Å². The normalized spacial score (nSPS) is 38.1. The minimum Gasteiger partial charge on any atom is -0.325 e. The Hall–Kier alpha value is -2.35. The van der Waals surface area contributed by atoms with Crippen LogP contribution in [0.2, 0.25) is 5.02 Å². The summed E-state index contributed by atoms with van der Waals surface area (Å²) in [6.07, 6.45) is 2.81. The van der Waals surface area contributed by atoms with Gasteiger partial charge in [-0.15, -0.1) is 0 Å². The van der Waals surface area contributed by atoms with Crippen molar-refractivity contribution in [2.45, 2.75) is 44.3 Å².